The third-order valence-corrected chi connectivity index (χ3v) is 3.04. The van der Waals surface area contributed by atoms with Crippen LogP contribution in [0.2, 0.25) is 0 Å². The fourth-order valence-electron chi connectivity index (χ4n) is 1.99. The fourth-order valence-corrected chi connectivity index (χ4v) is 1.99. The van der Waals surface area contributed by atoms with Gasteiger partial charge in [-0.05, 0) is 26.2 Å². The first kappa shape index (κ1) is 13.7. The van der Waals surface area contributed by atoms with Crippen molar-refractivity contribution in [2.24, 2.45) is 11.8 Å². The van der Waals surface area contributed by atoms with Crippen LogP contribution in [0, 0.1) is 11.8 Å². The summed E-state index contributed by atoms with van der Waals surface area (Å²) in [6, 6.07) is -0.132. The number of carboxylic acid groups (broad SMARTS) is 1. The highest BCUT2D eigenvalue weighted by molar-refractivity contribution is 5.85. The van der Waals surface area contributed by atoms with Crippen LogP contribution in [0.5, 0.6) is 0 Å². The molecule has 1 unspecified atom stereocenters. The van der Waals surface area contributed by atoms with E-state index in [9.17, 15) is 9.59 Å². The maximum Gasteiger partial charge on any atom is 0.307 e. The van der Waals surface area contributed by atoms with Crippen molar-refractivity contribution in [3.8, 4) is 0 Å². The van der Waals surface area contributed by atoms with Crippen LogP contribution >= 0.6 is 0 Å². The number of hydrogen-bond acceptors (Lipinski definition) is 3. The zero-order chi connectivity index (χ0) is 12.8. The Bertz CT molecular complexity index is 314. The van der Waals surface area contributed by atoms with Crippen molar-refractivity contribution in [1.29, 1.82) is 0 Å². The molecule has 0 spiro atoms. The number of aliphatic carboxylic acids is 1. The van der Waals surface area contributed by atoms with Gasteiger partial charge in [-0.2, -0.15) is 0 Å². The minimum atomic E-state index is -0.927. The second kappa shape index (κ2) is 6.39. The van der Waals surface area contributed by atoms with Gasteiger partial charge in [0.2, 0.25) is 5.91 Å². The van der Waals surface area contributed by atoms with Crippen LogP contribution in [0.3, 0.4) is 0 Å². The molecule has 0 bridgehead atoms. The van der Waals surface area contributed by atoms with Gasteiger partial charge in [-0.25, -0.2) is 0 Å². The number of carbonyl (C=O) groups excluding carboxylic acids is 1. The molecule has 5 heteroatoms. The van der Waals surface area contributed by atoms with Gasteiger partial charge in [0.05, 0.1) is 11.8 Å². The number of carbonyl (C=O) groups is 2. The minimum Gasteiger partial charge on any atom is -0.481 e. The molecule has 0 saturated carbocycles. The lowest BCUT2D eigenvalue weighted by Gasteiger charge is -2.25. The van der Waals surface area contributed by atoms with E-state index in [0.29, 0.717) is 19.3 Å². The van der Waals surface area contributed by atoms with Gasteiger partial charge in [0.15, 0.2) is 0 Å². The largest absolute Gasteiger partial charge is 0.481 e. The molecule has 17 heavy (non-hydrogen) atoms. The van der Waals surface area contributed by atoms with Gasteiger partial charge in [0.1, 0.15) is 0 Å². The second-order valence-electron chi connectivity index (χ2n) is 4.42. The predicted molar refractivity (Wildman–Crippen MR) is 62.3 cm³/mol. The third-order valence-electron chi connectivity index (χ3n) is 3.04. The van der Waals surface area contributed by atoms with Crippen LogP contribution in [0.15, 0.2) is 12.2 Å². The smallest absolute Gasteiger partial charge is 0.307 e. The molecule has 1 rings (SSSR count). The molecule has 1 aliphatic carbocycles. The Morgan fingerprint density at radius 3 is 2.47 bits per heavy atom. The average Bonchev–Trinajstić information content (AvgIpc) is 2.29. The van der Waals surface area contributed by atoms with Crippen molar-refractivity contribution >= 4 is 11.9 Å². The summed E-state index contributed by atoms with van der Waals surface area (Å²) in [6.07, 6.45) is 5.00. The van der Waals surface area contributed by atoms with Crippen molar-refractivity contribution < 1.29 is 19.8 Å². The quantitative estimate of drug-likeness (QED) is 0.613. The number of amides is 1. The first-order valence-corrected chi connectivity index (χ1v) is 5.85. The lowest BCUT2D eigenvalue weighted by molar-refractivity contribution is -0.147. The third kappa shape index (κ3) is 3.85. The summed E-state index contributed by atoms with van der Waals surface area (Å²) in [5.74, 6) is -2.30. The van der Waals surface area contributed by atoms with Gasteiger partial charge in [0, 0.05) is 12.6 Å². The zero-order valence-corrected chi connectivity index (χ0v) is 9.93. The van der Waals surface area contributed by atoms with Crippen LogP contribution in [0.25, 0.3) is 0 Å². The molecular weight excluding hydrogens is 222 g/mol. The van der Waals surface area contributed by atoms with Gasteiger partial charge >= 0.3 is 5.97 Å². The van der Waals surface area contributed by atoms with Gasteiger partial charge in [-0.3, -0.25) is 9.59 Å². The highest BCUT2D eigenvalue weighted by Crippen LogP contribution is 2.26. The standard InChI is InChI=1S/C12H19NO4/c1-8(6-7-14)13-11(15)9-4-2-3-5-10(9)12(16)17/h2-3,8-10,14H,4-7H2,1H3,(H,13,15)(H,16,17)/t8?,9-,10+/m1/s1. The summed E-state index contributed by atoms with van der Waals surface area (Å²) in [7, 11) is 0. The van der Waals surface area contributed by atoms with E-state index in [1.807, 2.05) is 6.08 Å². The highest BCUT2D eigenvalue weighted by Gasteiger charge is 2.34. The fraction of sp³-hybridized carbons (Fsp3) is 0.667. The zero-order valence-electron chi connectivity index (χ0n) is 9.93. The molecule has 0 heterocycles. The molecule has 0 saturated heterocycles. The SMILES string of the molecule is CC(CCO)NC(=O)[C@@H]1CC=CC[C@@H]1C(=O)O. The van der Waals surface area contributed by atoms with E-state index >= 15 is 0 Å². The van der Waals surface area contributed by atoms with Crippen molar-refractivity contribution in [2.45, 2.75) is 32.2 Å². The van der Waals surface area contributed by atoms with Crippen LogP contribution in [0.1, 0.15) is 26.2 Å². The van der Waals surface area contributed by atoms with Crippen molar-refractivity contribution in [3.05, 3.63) is 12.2 Å². The monoisotopic (exact) mass is 241 g/mol. The molecule has 1 aliphatic rings. The summed E-state index contributed by atoms with van der Waals surface area (Å²) in [5.41, 5.74) is 0. The van der Waals surface area contributed by atoms with Crippen LogP contribution in [-0.4, -0.2) is 34.7 Å². The summed E-state index contributed by atoms with van der Waals surface area (Å²) < 4.78 is 0. The average molecular weight is 241 g/mol. The molecule has 3 atom stereocenters. The molecule has 1 amide bonds. The van der Waals surface area contributed by atoms with E-state index in [1.54, 1.807) is 13.0 Å². The summed E-state index contributed by atoms with van der Waals surface area (Å²) in [5, 5.41) is 20.5. The highest BCUT2D eigenvalue weighted by atomic mass is 16.4. The molecule has 96 valence electrons. The van der Waals surface area contributed by atoms with E-state index in [1.165, 1.54) is 0 Å². The number of aliphatic hydroxyl groups is 1. The number of allylic oxidation sites excluding steroid dienone is 2. The topological polar surface area (TPSA) is 86.6 Å². The minimum absolute atomic E-state index is 0.00831. The first-order valence-electron chi connectivity index (χ1n) is 5.85. The van der Waals surface area contributed by atoms with Gasteiger partial charge in [-0.15, -0.1) is 0 Å². The van der Waals surface area contributed by atoms with E-state index in [0.717, 1.165) is 0 Å². The summed E-state index contributed by atoms with van der Waals surface area (Å²) in [6.45, 7) is 1.80. The Labute approximate surface area is 101 Å². The van der Waals surface area contributed by atoms with Gasteiger partial charge in [0.25, 0.3) is 0 Å². The van der Waals surface area contributed by atoms with Gasteiger partial charge in [-0.1, -0.05) is 12.2 Å². The molecule has 0 fully saturated rings. The molecule has 3 N–H and O–H groups in total. The maximum atomic E-state index is 11.9. The van der Waals surface area contributed by atoms with Crippen LogP contribution in [0.4, 0.5) is 0 Å². The Kier molecular flexibility index (Phi) is 5.15. The normalized spacial score (nSPS) is 25.3. The summed E-state index contributed by atoms with van der Waals surface area (Å²) in [4.78, 5) is 22.9. The Morgan fingerprint density at radius 1 is 1.35 bits per heavy atom. The number of carboxylic acids is 1. The molecule has 0 aromatic carbocycles. The second-order valence-corrected chi connectivity index (χ2v) is 4.42. The molecule has 0 aromatic rings. The van der Waals surface area contributed by atoms with E-state index < -0.39 is 17.8 Å². The first-order chi connectivity index (χ1) is 8.06. The van der Waals surface area contributed by atoms with Crippen LogP contribution in [-0.2, 0) is 9.59 Å². The van der Waals surface area contributed by atoms with Crippen molar-refractivity contribution in [3.63, 3.8) is 0 Å². The van der Waals surface area contributed by atoms with E-state index in [4.69, 9.17) is 10.2 Å². The van der Waals surface area contributed by atoms with Crippen molar-refractivity contribution in [2.75, 3.05) is 6.61 Å². The van der Waals surface area contributed by atoms with E-state index in [2.05, 4.69) is 5.32 Å². The Balaban J connectivity index is 2.60. The van der Waals surface area contributed by atoms with Crippen LogP contribution < -0.4 is 5.32 Å². The molecule has 0 aliphatic heterocycles. The van der Waals surface area contributed by atoms with E-state index in [-0.39, 0.29) is 18.6 Å². The number of nitrogens with one attached hydrogen (secondary N) is 1. The number of hydrogen-bond donors (Lipinski definition) is 3. The lowest BCUT2D eigenvalue weighted by Crippen LogP contribution is -2.42. The molecule has 0 radical (unpaired) electrons. The molecular formula is C12H19NO4. The molecule has 0 aromatic heterocycles. The Morgan fingerprint density at radius 2 is 1.94 bits per heavy atom. The summed E-state index contributed by atoms with van der Waals surface area (Å²) >= 11 is 0. The van der Waals surface area contributed by atoms with Gasteiger partial charge < -0.3 is 15.5 Å². The maximum absolute atomic E-state index is 11.9. The lowest BCUT2D eigenvalue weighted by atomic mass is 9.82. The number of aliphatic hydroxyl groups excluding tert-OH is 1. The Hall–Kier alpha value is -1.36. The predicted octanol–water partition coefficient (Wildman–Crippen LogP) is 0.541. The van der Waals surface area contributed by atoms with Crippen molar-refractivity contribution in [1.82, 2.24) is 5.32 Å². The number of rotatable bonds is 5. The molecule has 5 nitrogen and oxygen atoms in total.